The van der Waals surface area contributed by atoms with Crippen molar-refractivity contribution in [1.82, 2.24) is 10.6 Å². The number of hydrogen-bond acceptors (Lipinski definition) is 3. The molecule has 0 saturated heterocycles. The molecule has 0 aliphatic heterocycles. The van der Waals surface area contributed by atoms with Crippen LogP contribution in [0.1, 0.15) is 15.9 Å². The molecule has 2 aromatic carbocycles. The van der Waals surface area contributed by atoms with Crippen LogP contribution in [0.5, 0.6) is 0 Å². The van der Waals surface area contributed by atoms with Crippen molar-refractivity contribution >= 4 is 58.2 Å². The van der Waals surface area contributed by atoms with Crippen LogP contribution in [0.3, 0.4) is 0 Å². The zero-order chi connectivity index (χ0) is 20.0. The molecular formula is C18H16Cl3N3O3. The molecule has 27 heavy (non-hydrogen) atoms. The fourth-order valence-electron chi connectivity index (χ4n) is 2.09. The van der Waals surface area contributed by atoms with Gasteiger partial charge in [0.05, 0.1) is 23.7 Å². The average molecular weight is 429 g/mol. The summed E-state index contributed by atoms with van der Waals surface area (Å²) >= 11 is 17.6. The van der Waals surface area contributed by atoms with E-state index in [-0.39, 0.29) is 23.7 Å². The molecule has 0 fully saturated rings. The molecule has 0 atom stereocenters. The van der Waals surface area contributed by atoms with Gasteiger partial charge in [0.2, 0.25) is 11.8 Å². The molecule has 2 aromatic rings. The Hall–Kier alpha value is -2.28. The molecule has 9 heteroatoms. The number of nitrogens with one attached hydrogen (secondary N) is 3. The van der Waals surface area contributed by atoms with Crippen molar-refractivity contribution in [3.63, 3.8) is 0 Å². The summed E-state index contributed by atoms with van der Waals surface area (Å²) in [6.45, 7) is 1.27. The zero-order valence-electron chi connectivity index (χ0n) is 14.2. The van der Waals surface area contributed by atoms with E-state index in [1.54, 1.807) is 18.2 Å². The fourth-order valence-corrected chi connectivity index (χ4v) is 2.76. The maximum Gasteiger partial charge on any atom is 0.253 e. The number of halogens is 3. The zero-order valence-corrected chi connectivity index (χ0v) is 16.5. The van der Waals surface area contributed by atoms with Crippen molar-refractivity contribution in [2.75, 3.05) is 18.4 Å². The molecule has 0 aliphatic carbocycles. The van der Waals surface area contributed by atoms with Gasteiger partial charge in [-0.15, -0.1) is 0 Å². The van der Waals surface area contributed by atoms with Gasteiger partial charge in [-0.05, 0) is 42.8 Å². The second-order valence-corrected chi connectivity index (χ2v) is 6.87. The van der Waals surface area contributed by atoms with E-state index in [2.05, 4.69) is 16.0 Å². The number of benzene rings is 2. The SMILES string of the molecule is Cc1ccc(Cl)cc1NC(=O)CNC(=O)CNC(=O)c1ccc(Cl)cc1Cl. The molecule has 142 valence electrons. The maximum absolute atomic E-state index is 12.0. The minimum absolute atomic E-state index is 0.177. The van der Waals surface area contributed by atoms with Gasteiger partial charge in [0.25, 0.3) is 5.91 Å². The lowest BCUT2D eigenvalue weighted by Crippen LogP contribution is -2.40. The van der Waals surface area contributed by atoms with E-state index in [0.29, 0.717) is 15.7 Å². The predicted molar refractivity (Wildman–Crippen MR) is 107 cm³/mol. The number of anilines is 1. The largest absolute Gasteiger partial charge is 0.345 e. The molecule has 0 saturated carbocycles. The molecule has 0 radical (unpaired) electrons. The summed E-state index contributed by atoms with van der Waals surface area (Å²) in [7, 11) is 0. The van der Waals surface area contributed by atoms with E-state index in [4.69, 9.17) is 34.8 Å². The summed E-state index contributed by atoms with van der Waals surface area (Å²) < 4.78 is 0. The van der Waals surface area contributed by atoms with Crippen molar-refractivity contribution in [2.24, 2.45) is 0 Å². The van der Waals surface area contributed by atoms with Crippen molar-refractivity contribution < 1.29 is 14.4 Å². The van der Waals surface area contributed by atoms with Crippen LogP contribution in [0.2, 0.25) is 15.1 Å². The van der Waals surface area contributed by atoms with Crippen LogP contribution >= 0.6 is 34.8 Å². The van der Waals surface area contributed by atoms with E-state index in [9.17, 15) is 14.4 Å². The summed E-state index contributed by atoms with van der Waals surface area (Å²) in [4.78, 5) is 35.8. The van der Waals surface area contributed by atoms with E-state index in [1.807, 2.05) is 6.92 Å². The minimum atomic E-state index is -0.522. The molecule has 3 amide bonds. The molecule has 0 bridgehead atoms. The van der Waals surface area contributed by atoms with E-state index >= 15 is 0 Å². The first-order valence-electron chi connectivity index (χ1n) is 7.82. The van der Waals surface area contributed by atoms with Crippen LogP contribution in [0.4, 0.5) is 5.69 Å². The van der Waals surface area contributed by atoms with Gasteiger partial charge in [-0.2, -0.15) is 0 Å². The smallest absolute Gasteiger partial charge is 0.253 e. The maximum atomic E-state index is 12.0. The summed E-state index contributed by atoms with van der Waals surface area (Å²) in [6, 6.07) is 9.51. The summed E-state index contributed by atoms with van der Waals surface area (Å²) in [5.41, 5.74) is 1.60. The van der Waals surface area contributed by atoms with Gasteiger partial charge in [-0.25, -0.2) is 0 Å². The molecule has 0 aliphatic rings. The number of carbonyl (C=O) groups is 3. The van der Waals surface area contributed by atoms with Gasteiger partial charge in [0.1, 0.15) is 0 Å². The van der Waals surface area contributed by atoms with Gasteiger partial charge in [-0.3, -0.25) is 14.4 Å². The predicted octanol–water partition coefficient (Wildman–Crippen LogP) is 3.44. The molecule has 0 spiro atoms. The summed E-state index contributed by atoms with van der Waals surface area (Å²) in [5, 5.41) is 8.56. The van der Waals surface area contributed by atoms with Crippen LogP contribution in [-0.4, -0.2) is 30.8 Å². The van der Waals surface area contributed by atoms with Crippen LogP contribution in [0, 0.1) is 6.92 Å². The first-order valence-corrected chi connectivity index (χ1v) is 8.95. The Bertz CT molecular complexity index is 887. The van der Waals surface area contributed by atoms with Gasteiger partial charge >= 0.3 is 0 Å². The Balaban J connectivity index is 1.79. The Morgan fingerprint density at radius 2 is 1.48 bits per heavy atom. The molecule has 0 heterocycles. The van der Waals surface area contributed by atoms with Gasteiger partial charge in [0, 0.05) is 15.7 Å². The Labute approximate surface area is 171 Å². The van der Waals surface area contributed by atoms with Gasteiger partial charge < -0.3 is 16.0 Å². The van der Waals surface area contributed by atoms with Gasteiger partial charge in [0.15, 0.2) is 0 Å². The highest BCUT2D eigenvalue weighted by molar-refractivity contribution is 6.36. The third-order valence-electron chi connectivity index (χ3n) is 3.51. The van der Waals surface area contributed by atoms with E-state index in [1.165, 1.54) is 18.2 Å². The lowest BCUT2D eigenvalue weighted by Gasteiger charge is -2.10. The molecule has 0 unspecified atom stereocenters. The lowest BCUT2D eigenvalue weighted by molar-refractivity contribution is -0.123. The second-order valence-electron chi connectivity index (χ2n) is 5.59. The highest BCUT2D eigenvalue weighted by Crippen LogP contribution is 2.21. The highest BCUT2D eigenvalue weighted by Gasteiger charge is 2.13. The minimum Gasteiger partial charge on any atom is -0.345 e. The molecule has 3 N–H and O–H groups in total. The molecule has 6 nitrogen and oxygen atoms in total. The Morgan fingerprint density at radius 3 is 2.19 bits per heavy atom. The normalized spacial score (nSPS) is 10.2. The average Bonchev–Trinajstić information content (AvgIpc) is 2.61. The third-order valence-corrected chi connectivity index (χ3v) is 4.29. The number of aryl methyl sites for hydroxylation is 1. The molecule has 0 aromatic heterocycles. The van der Waals surface area contributed by atoms with Gasteiger partial charge in [-0.1, -0.05) is 40.9 Å². The number of carbonyl (C=O) groups excluding carboxylic acids is 3. The van der Waals surface area contributed by atoms with Crippen molar-refractivity contribution in [3.05, 3.63) is 62.6 Å². The standard InChI is InChI=1S/C18H16Cl3N3O3/c1-10-2-3-12(20)7-15(10)24-17(26)9-22-16(25)8-23-18(27)13-5-4-11(19)6-14(13)21/h2-7H,8-9H2,1H3,(H,22,25)(H,23,27)(H,24,26). The number of amides is 3. The monoisotopic (exact) mass is 427 g/mol. The van der Waals surface area contributed by atoms with Crippen LogP contribution in [0.15, 0.2) is 36.4 Å². The molecular weight excluding hydrogens is 413 g/mol. The molecule has 2 rings (SSSR count). The van der Waals surface area contributed by atoms with E-state index < -0.39 is 17.7 Å². The van der Waals surface area contributed by atoms with E-state index in [0.717, 1.165) is 5.56 Å². The third kappa shape index (κ3) is 6.43. The first kappa shape index (κ1) is 21.0. The summed E-state index contributed by atoms with van der Waals surface area (Å²) in [5.74, 6) is -1.46. The van der Waals surface area contributed by atoms with Crippen molar-refractivity contribution in [2.45, 2.75) is 6.92 Å². The van der Waals surface area contributed by atoms with Crippen LogP contribution in [-0.2, 0) is 9.59 Å². The quantitative estimate of drug-likeness (QED) is 0.658. The van der Waals surface area contributed by atoms with Crippen molar-refractivity contribution in [3.8, 4) is 0 Å². The highest BCUT2D eigenvalue weighted by atomic mass is 35.5. The van der Waals surface area contributed by atoms with Crippen molar-refractivity contribution in [1.29, 1.82) is 0 Å². The Kier molecular flexibility index (Phi) is 7.47. The first-order chi connectivity index (χ1) is 12.8. The topological polar surface area (TPSA) is 87.3 Å². The van der Waals surface area contributed by atoms with Crippen LogP contribution in [0.25, 0.3) is 0 Å². The second kappa shape index (κ2) is 9.60. The Morgan fingerprint density at radius 1 is 0.852 bits per heavy atom. The number of hydrogen-bond donors (Lipinski definition) is 3. The fraction of sp³-hybridized carbons (Fsp3) is 0.167. The van der Waals surface area contributed by atoms with Crippen LogP contribution < -0.4 is 16.0 Å². The lowest BCUT2D eigenvalue weighted by atomic mass is 10.2. The summed E-state index contributed by atoms with van der Waals surface area (Å²) in [6.07, 6.45) is 0. The number of rotatable bonds is 6.